The van der Waals surface area contributed by atoms with Crippen LogP contribution < -0.4 is 4.90 Å². The number of hydrogen-bond donors (Lipinski definition) is 0. The molecule has 1 amide bonds. The molecule has 2 aromatic heterocycles. The average molecular weight is 401 g/mol. The molecule has 0 radical (unpaired) electrons. The van der Waals surface area contributed by atoms with Gasteiger partial charge in [0.15, 0.2) is 0 Å². The number of thiophene rings is 1. The van der Waals surface area contributed by atoms with Gasteiger partial charge in [-0.2, -0.15) is 0 Å². The van der Waals surface area contributed by atoms with Crippen LogP contribution in [0.4, 0.5) is 5.82 Å². The van der Waals surface area contributed by atoms with Gasteiger partial charge in [0.25, 0.3) is 0 Å². The van der Waals surface area contributed by atoms with E-state index in [-0.39, 0.29) is 5.92 Å². The maximum Gasteiger partial charge on any atom is 0.225 e. The van der Waals surface area contributed by atoms with E-state index in [9.17, 15) is 4.79 Å². The molecular weight excluding hydrogens is 372 g/mol. The number of anilines is 1. The van der Waals surface area contributed by atoms with E-state index < -0.39 is 0 Å². The Labute approximate surface area is 169 Å². The fraction of sp³-hybridized carbons (Fsp3) is 0.667. The summed E-state index contributed by atoms with van der Waals surface area (Å²) in [6.45, 7) is 6.78. The normalized spacial score (nSPS) is 21.9. The van der Waals surface area contributed by atoms with Crippen LogP contribution in [0.1, 0.15) is 48.7 Å². The predicted octanol–water partition coefficient (Wildman–Crippen LogP) is 3.34. The highest BCUT2D eigenvalue weighted by Crippen LogP contribution is 2.39. The zero-order valence-corrected chi connectivity index (χ0v) is 17.3. The Morgan fingerprint density at radius 3 is 2.54 bits per heavy atom. The number of rotatable bonds is 3. The number of fused-ring (bicyclic) bond motifs is 1. The van der Waals surface area contributed by atoms with Crippen LogP contribution in [0.25, 0.3) is 10.9 Å². The fourth-order valence-corrected chi connectivity index (χ4v) is 5.34. The summed E-state index contributed by atoms with van der Waals surface area (Å²) in [6, 6.07) is 0. The summed E-state index contributed by atoms with van der Waals surface area (Å²) in [4.78, 5) is 28.4. The lowest BCUT2D eigenvalue weighted by Gasteiger charge is -2.36. The second-order valence-electron chi connectivity index (χ2n) is 8.28. The van der Waals surface area contributed by atoms with Crippen molar-refractivity contribution in [2.45, 2.75) is 44.9 Å². The van der Waals surface area contributed by atoms with Crippen LogP contribution in [-0.2, 0) is 9.53 Å². The molecule has 0 aromatic carbocycles. The predicted molar refractivity (Wildman–Crippen MR) is 111 cm³/mol. The molecule has 1 saturated carbocycles. The van der Waals surface area contributed by atoms with Gasteiger partial charge < -0.3 is 14.5 Å². The van der Waals surface area contributed by atoms with Crippen LogP contribution in [0.15, 0.2) is 5.38 Å². The minimum absolute atomic E-state index is 0.140. The molecule has 2 aliphatic heterocycles. The number of ether oxygens (including phenoxy) is 1. The molecule has 1 aliphatic carbocycles. The van der Waals surface area contributed by atoms with E-state index in [1.54, 1.807) is 11.3 Å². The van der Waals surface area contributed by atoms with Crippen LogP contribution in [0.2, 0.25) is 0 Å². The van der Waals surface area contributed by atoms with E-state index in [0.29, 0.717) is 25.0 Å². The van der Waals surface area contributed by atoms with E-state index >= 15 is 0 Å². The molecule has 150 valence electrons. The molecule has 0 spiro atoms. The molecule has 5 rings (SSSR count). The Morgan fingerprint density at radius 1 is 1.11 bits per heavy atom. The average Bonchev–Trinajstić information content (AvgIpc) is 3.07. The van der Waals surface area contributed by atoms with Crippen molar-refractivity contribution in [1.29, 1.82) is 0 Å². The number of aryl methyl sites for hydroxylation is 1. The highest BCUT2D eigenvalue weighted by molar-refractivity contribution is 7.11. The summed E-state index contributed by atoms with van der Waals surface area (Å²) in [5.41, 5.74) is 1.10. The van der Waals surface area contributed by atoms with Crippen molar-refractivity contribution >= 4 is 34.0 Å². The molecule has 4 heterocycles. The van der Waals surface area contributed by atoms with Crippen molar-refractivity contribution in [3.05, 3.63) is 16.1 Å². The number of morpholine rings is 1. The topological polar surface area (TPSA) is 58.6 Å². The largest absolute Gasteiger partial charge is 0.378 e. The van der Waals surface area contributed by atoms with Crippen LogP contribution in [0, 0.1) is 12.8 Å². The van der Waals surface area contributed by atoms with Gasteiger partial charge >= 0.3 is 0 Å². The quantitative estimate of drug-likeness (QED) is 0.791. The van der Waals surface area contributed by atoms with Crippen LogP contribution in [0.5, 0.6) is 0 Å². The number of amides is 1. The number of nitrogens with zero attached hydrogens (tertiary/aromatic N) is 4. The Hall–Kier alpha value is -1.73. The van der Waals surface area contributed by atoms with Gasteiger partial charge in [0.05, 0.1) is 24.1 Å². The molecule has 6 nitrogen and oxygen atoms in total. The smallest absolute Gasteiger partial charge is 0.225 e. The van der Waals surface area contributed by atoms with Gasteiger partial charge in [0, 0.05) is 48.3 Å². The van der Waals surface area contributed by atoms with Crippen molar-refractivity contribution in [2.75, 3.05) is 44.3 Å². The first-order valence-electron chi connectivity index (χ1n) is 10.6. The number of piperidine rings is 1. The molecule has 0 unspecified atom stereocenters. The lowest BCUT2D eigenvalue weighted by Crippen LogP contribution is -2.47. The maximum absolute atomic E-state index is 12.8. The summed E-state index contributed by atoms with van der Waals surface area (Å²) >= 11 is 1.76. The van der Waals surface area contributed by atoms with Crippen LogP contribution in [-0.4, -0.2) is 60.2 Å². The number of aromatic nitrogens is 2. The Bertz CT molecular complexity index is 865. The first-order chi connectivity index (χ1) is 13.7. The minimum atomic E-state index is 0.140. The fourth-order valence-electron chi connectivity index (χ4n) is 4.57. The van der Waals surface area contributed by atoms with E-state index in [1.165, 1.54) is 29.5 Å². The highest BCUT2D eigenvalue weighted by atomic mass is 32.1. The van der Waals surface area contributed by atoms with Gasteiger partial charge in [-0.05, 0) is 32.6 Å². The number of carbonyl (C=O) groups is 1. The lowest BCUT2D eigenvalue weighted by atomic mass is 9.85. The molecule has 3 aliphatic rings. The summed E-state index contributed by atoms with van der Waals surface area (Å²) in [5.74, 6) is 3.11. The number of hydrogen-bond acceptors (Lipinski definition) is 6. The molecular formula is C21H28N4O2S. The SMILES string of the molecule is Cc1scc2nc(C3CCC3)nc(N3CCC(C(=O)N4CCOCC4)CC3)c12. The summed E-state index contributed by atoms with van der Waals surface area (Å²) in [7, 11) is 0. The Morgan fingerprint density at radius 2 is 1.86 bits per heavy atom. The van der Waals surface area contributed by atoms with E-state index in [4.69, 9.17) is 14.7 Å². The standard InChI is InChI=1S/C21H28N4O2S/c1-14-18-17(13-28-14)22-19(15-3-2-4-15)23-20(18)24-7-5-16(6-8-24)21(26)25-9-11-27-12-10-25/h13,15-16H,2-12H2,1H3. The third kappa shape index (κ3) is 3.28. The Kier molecular flexibility index (Phi) is 4.97. The third-order valence-corrected chi connectivity index (χ3v) is 7.47. The monoisotopic (exact) mass is 400 g/mol. The van der Waals surface area contributed by atoms with Crippen molar-refractivity contribution in [3.63, 3.8) is 0 Å². The van der Waals surface area contributed by atoms with Gasteiger partial charge in [0.1, 0.15) is 11.6 Å². The van der Waals surface area contributed by atoms with Crippen molar-refractivity contribution in [2.24, 2.45) is 5.92 Å². The summed E-state index contributed by atoms with van der Waals surface area (Å²) < 4.78 is 5.39. The third-order valence-electron chi connectivity index (χ3n) is 6.57. The molecule has 2 aromatic rings. The van der Waals surface area contributed by atoms with Crippen molar-refractivity contribution < 1.29 is 9.53 Å². The summed E-state index contributed by atoms with van der Waals surface area (Å²) in [5, 5.41) is 3.39. The zero-order chi connectivity index (χ0) is 19.1. The molecule has 0 bridgehead atoms. The van der Waals surface area contributed by atoms with Crippen molar-refractivity contribution in [3.8, 4) is 0 Å². The van der Waals surface area contributed by atoms with E-state index in [1.807, 2.05) is 4.90 Å². The van der Waals surface area contributed by atoms with Gasteiger partial charge in [-0.3, -0.25) is 4.79 Å². The first kappa shape index (κ1) is 18.3. The van der Waals surface area contributed by atoms with Crippen LogP contribution in [0.3, 0.4) is 0 Å². The van der Waals surface area contributed by atoms with Gasteiger partial charge in [0.2, 0.25) is 5.91 Å². The highest BCUT2D eigenvalue weighted by Gasteiger charge is 2.31. The van der Waals surface area contributed by atoms with Crippen molar-refractivity contribution in [1.82, 2.24) is 14.9 Å². The van der Waals surface area contributed by atoms with E-state index in [0.717, 1.165) is 56.2 Å². The molecule has 28 heavy (non-hydrogen) atoms. The van der Waals surface area contributed by atoms with Crippen LogP contribution >= 0.6 is 11.3 Å². The van der Waals surface area contributed by atoms with Gasteiger partial charge in [-0.25, -0.2) is 9.97 Å². The molecule has 7 heteroatoms. The van der Waals surface area contributed by atoms with E-state index in [2.05, 4.69) is 17.2 Å². The number of carbonyl (C=O) groups excluding carboxylic acids is 1. The second kappa shape index (κ2) is 7.59. The molecule has 3 fully saturated rings. The van der Waals surface area contributed by atoms with Gasteiger partial charge in [-0.15, -0.1) is 11.3 Å². The molecule has 0 N–H and O–H groups in total. The second-order valence-corrected chi connectivity index (χ2v) is 9.37. The molecule has 2 saturated heterocycles. The van der Waals surface area contributed by atoms with Gasteiger partial charge in [-0.1, -0.05) is 6.42 Å². The first-order valence-corrected chi connectivity index (χ1v) is 11.5. The zero-order valence-electron chi connectivity index (χ0n) is 16.5. The molecule has 0 atom stereocenters. The lowest BCUT2D eigenvalue weighted by molar-refractivity contribution is -0.140. The Balaban J connectivity index is 1.35. The summed E-state index contributed by atoms with van der Waals surface area (Å²) in [6.07, 6.45) is 5.53. The minimum Gasteiger partial charge on any atom is -0.378 e. The maximum atomic E-state index is 12.8.